The number of esters is 1. The van der Waals surface area contributed by atoms with Crippen LogP contribution >= 0.6 is 0 Å². The Morgan fingerprint density at radius 3 is 2.26 bits per heavy atom. The minimum absolute atomic E-state index is 0.0857. The normalized spacial score (nSPS) is 9.78. The molecule has 23 heavy (non-hydrogen) atoms. The van der Waals surface area contributed by atoms with Crippen LogP contribution in [-0.4, -0.2) is 25.7 Å². The number of carbonyl (C=O) groups is 2. The summed E-state index contributed by atoms with van der Waals surface area (Å²) in [4.78, 5) is 22.7. The van der Waals surface area contributed by atoms with Gasteiger partial charge in [0, 0.05) is 11.4 Å². The molecule has 0 aliphatic carbocycles. The summed E-state index contributed by atoms with van der Waals surface area (Å²) in [5.74, 6) is -0.350. The molecule has 2 rings (SSSR count). The van der Waals surface area contributed by atoms with Crippen molar-refractivity contribution in [3.05, 3.63) is 60.2 Å². The third-order valence-electron chi connectivity index (χ3n) is 3.01. The van der Waals surface area contributed by atoms with E-state index in [9.17, 15) is 9.59 Å². The van der Waals surface area contributed by atoms with Crippen molar-refractivity contribution in [3.8, 4) is 0 Å². The molecule has 120 valence electrons. The summed E-state index contributed by atoms with van der Waals surface area (Å²) < 4.78 is 9.67. The highest BCUT2D eigenvalue weighted by Crippen LogP contribution is 2.14. The number of benzene rings is 2. The van der Waals surface area contributed by atoms with Crippen LogP contribution in [0, 0.1) is 0 Å². The van der Waals surface area contributed by atoms with Gasteiger partial charge in [-0.1, -0.05) is 30.3 Å². The number of hydrogen-bond acceptors (Lipinski definition) is 5. The van der Waals surface area contributed by atoms with E-state index in [4.69, 9.17) is 4.74 Å². The molecule has 0 heterocycles. The Labute approximate surface area is 134 Å². The number of hydrogen-bond donors (Lipinski definition) is 2. The molecule has 0 radical (unpaired) electrons. The van der Waals surface area contributed by atoms with Crippen LogP contribution in [0.2, 0.25) is 0 Å². The number of carbonyl (C=O) groups excluding carboxylic acids is 2. The lowest BCUT2D eigenvalue weighted by Gasteiger charge is -2.09. The summed E-state index contributed by atoms with van der Waals surface area (Å²) in [6, 6.07) is 16.4. The third kappa shape index (κ3) is 5.70. The smallest absolute Gasteiger partial charge is 0.411 e. The predicted molar refractivity (Wildman–Crippen MR) is 87.2 cm³/mol. The molecule has 0 saturated carbocycles. The van der Waals surface area contributed by atoms with E-state index in [-0.39, 0.29) is 19.1 Å². The largest absolute Gasteiger partial charge is 0.468 e. The molecule has 0 bridgehead atoms. The first-order valence-corrected chi connectivity index (χ1v) is 7.06. The van der Waals surface area contributed by atoms with Crippen LogP contribution in [0.3, 0.4) is 0 Å². The minimum Gasteiger partial charge on any atom is -0.468 e. The van der Waals surface area contributed by atoms with Crippen LogP contribution in [0.1, 0.15) is 5.56 Å². The number of nitrogens with one attached hydrogen (secondary N) is 2. The van der Waals surface area contributed by atoms with Crippen LogP contribution < -0.4 is 10.6 Å². The molecule has 1 amide bonds. The molecule has 0 atom stereocenters. The second-order valence-electron chi connectivity index (χ2n) is 4.69. The van der Waals surface area contributed by atoms with Crippen LogP contribution in [-0.2, 0) is 20.9 Å². The van der Waals surface area contributed by atoms with Crippen molar-refractivity contribution in [2.75, 3.05) is 24.3 Å². The van der Waals surface area contributed by atoms with E-state index in [0.717, 1.165) is 11.3 Å². The van der Waals surface area contributed by atoms with E-state index < -0.39 is 6.09 Å². The molecule has 0 spiro atoms. The number of amides is 1. The topological polar surface area (TPSA) is 76.7 Å². The van der Waals surface area contributed by atoms with Gasteiger partial charge >= 0.3 is 12.1 Å². The fourth-order valence-corrected chi connectivity index (χ4v) is 1.79. The van der Waals surface area contributed by atoms with Crippen molar-refractivity contribution in [1.82, 2.24) is 0 Å². The van der Waals surface area contributed by atoms with E-state index in [1.165, 1.54) is 7.11 Å². The lowest BCUT2D eigenvalue weighted by molar-refractivity contribution is -0.138. The van der Waals surface area contributed by atoms with Gasteiger partial charge < -0.3 is 14.8 Å². The molecule has 0 aromatic heterocycles. The Morgan fingerprint density at radius 2 is 1.61 bits per heavy atom. The highest BCUT2D eigenvalue weighted by molar-refractivity contribution is 5.85. The second-order valence-corrected chi connectivity index (χ2v) is 4.69. The molecule has 0 aliphatic heterocycles. The van der Waals surface area contributed by atoms with Crippen LogP contribution in [0.15, 0.2) is 54.6 Å². The van der Waals surface area contributed by atoms with Gasteiger partial charge in [0.2, 0.25) is 0 Å². The zero-order valence-corrected chi connectivity index (χ0v) is 12.7. The summed E-state index contributed by atoms with van der Waals surface area (Å²) in [7, 11) is 1.33. The maximum absolute atomic E-state index is 11.7. The Balaban J connectivity index is 1.78. The quantitative estimate of drug-likeness (QED) is 0.802. The molecule has 2 aromatic rings. The highest BCUT2D eigenvalue weighted by atomic mass is 16.5. The first-order chi connectivity index (χ1) is 11.2. The molecule has 6 nitrogen and oxygen atoms in total. The number of ether oxygens (including phenoxy) is 2. The zero-order chi connectivity index (χ0) is 16.5. The van der Waals surface area contributed by atoms with E-state index in [0.29, 0.717) is 5.69 Å². The molecule has 2 aromatic carbocycles. The maximum Gasteiger partial charge on any atom is 0.411 e. The fourth-order valence-electron chi connectivity index (χ4n) is 1.79. The SMILES string of the molecule is COC(=O)CNc1ccc(NC(=O)OCc2ccccc2)cc1. The number of rotatable bonds is 6. The van der Waals surface area contributed by atoms with E-state index in [1.807, 2.05) is 30.3 Å². The van der Waals surface area contributed by atoms with Gasteiger partial charge in [0.05, 0.1) is 7.11 Å². The molecule has 0 unspecified atom stereocenters. The zero-order valence-electron chi connectivity index (χ0n) is 12.7. The number of methoxy groups -OCH3 is 1. The van der Waals surface area contributed by atoms with E-state index in [2.05, 4.69) is 15.4 Å². The molecule has 0 fully saturated rings. The van der Waals surface area contributed by atoms with Gasteiger partial charge in [-0.15, -0.1) is 0 Å². The van der Waals surface area contributed by atoms with E-state index >= 15 is 0 Å². The van der Waals surface area contributed by atoms with Gasteiger partial charge in [-0.3, -0.25) is 10.1 Å². The molecular formula is C17H18N2O4. The summed E-state index contributed by atoms with van der Waals surface area (Å²) >= 11 is 0. The fraction of sp³-hybridized carbons (Fsp3) is 0.176. The van der Waals surface area contributed by atoms with Crippen LogP contribution in [0.5, 0.6) is 0 Å². The predicted octanol–water partition coefficient (Wildman–Crippen LogP) is 3.02. The molecule has 0 saturated heterocycles. The average Bonchev–Trinajstić information content (AvgIpc) is 2.60. The third-order valence-corrected chi connectivity index (χ3v) is 3.01. The average molecular weight is 314 g/mol. The standard InChI is InChI=1S/C17H18N2O4/c1-22-16(20)11-18-14-7-9-15(10-8-14)19-17(21)23-12-13-5-3-2-4-6-13/h2-10,18H,11-12H2,1H3,(H,19,21). The van der Waals surface area contributed by atoms with Crippen molar-refractivity contribution >= 4 is 23.4 Å². The van der Waals surface area contributed by atoms with Gasteiger partial charge in [0.15, 0.2) is 0 Å². The first-order valence-electron chi connectivity index (χ1n) is 7.06. The lowest BCUT2D eigenvalue weighted by Crippen LogP contribution is -2.15. The monoisotopic (exact) mass is 314 g/mol. The second kappa shape index (κ2) is 8.43. The summed E-state index contributed by atoms with van der Waals surface area (Å²) in [6.45, 7) is 0.299. The Hall–Kier alpha value is -3.02. The molecule has 2 N–H and O–H groups in total. The van der Waals surface area contributed by atoms with Crippen molar-refractivity contribution < 1.29 is 19.1 Å². The Kier molecular flexibility index (Phi) is 5.99. The van der Waals surface area contributed by atoms with Crippen LogP contribution in [0.25, 0.3) is 0 Å². The van der Waals surface area contributed by atoms with Gasteiger partial charge in [-0.05, 0) is 29.8 Å². The van der Waals surface area contributed by atoms with Crippen molar-refractivity contribution in [2.45, 2.75) is 6.61 Å². The summed E-state index contributed by atoms with van der Waals surface area (Å²) in [6.07, 6.45) is -0.524. The lowest BCUT2D eigenvalue weighted by atomic mass is 10.2. The van der Waals surface area contributed by atoms with Crippen molar-refractivity contribution in [1.29, 1.82) is 0 Å². The maximum atomic E-state index is 11.7. The minimum atomic E-state index is -0.524. The molecular weight excluding hydrogens is 296 g/mol. The van der Waals surface area contributed by atoms with Gasteiger partial charge in [0.25, 0.3) is 0 Å². The first kappa shape index (κ1) is 16.4. The Bertz CT molecular complexity index is 641. The van der Waals surface area contributed by atoms with E-state index in [1.54, 1.807) is 24.3 Å². The van der Waals surface area contributed by atoms with Gasteiger partial charge in [0.1, 0.15) is 13.2 Å². The summed E-state index contributed by atoms with van der Waals surface area (Å²) in [5.41, 5.74) is 2.27. The Morgan fingerprint density at radius 1 is 0.957 bits per heavy atom. The van der Waals surface area contributed by atoms with Gasteiger partial charge in [-0.25, -0.2) is 4.79 Å². The number of anilines is 2. The highest BCUT2D eigenvalue weighted by Gasteiger charge is 2.04. The van der Waals surface area contributed by atoms with Gasteiger partial charge in [-0.2, -0.15) is 0 Å². The van der Waals surface area contributed by atoms with Crippen molar-refractivity contribution in [2.24, 2.45) is 0 Å². The van der Waals surface area contributed by atoms with Crippen molar-refractivity contribution in [3.63, 3.8) is 0 Å². The molecule has 0 aliphatic rings. The molecule has 6 heteroatoms. The van der Waals surface area contributed by atoms with Crippen LogP contribution in [0.4, 0.5) is 16.2 Å². The summed E-state index contributed by atoms with van der Waals surface area (Å²) in [5, 5.41) is 5.54.